The Morgan fingerprint density at radius 2 is 2.12 bits per heavy atom. The van der Waals surface area contributed by atoms with Crippen molar-refractivity contribution in [1.29, 1.82) is 0 Å². The van der Waals surface area contributed by atoms with Gasteiger partial charge in [-0.05, 0) is 39.5 Å². The first-order valence-electron chi connectivity index (χ1n) is 5.54. The molecule has 4 heteroatoms. The van der Waals surface area contributed by atoms with E-state index in [1.807, 2.05) is 0 Å². The highest BCUT2D eigenvalue weighted by atomic mass is 79.9. The molecule has 17 heavy (non-hydrogen) atoms. The van der Waals surface area contributed by atoms with Crippen molar-refractivity contribution in [3.8, 4) is 0 Å². The van der Waals surface area contributed by atoms with E-state index in [1.165, 1.54) is 12.1 Å². The average Bonchev–Trinajstić information content (AvgIpc) is 2.65. The molecule has 2 nitrogen and oxygen atoms in total. The van der Waals surface area contributed by atoms with Crippen LogP contribution in [-0.4, -0.2) is 18.5 Å². The second-order valence-corrected chi connectivity index (χ2v) is 6.11. The van der Waals surface area contributed by atoms with E-state index >= 15 is 0 Å². The second-order valence-electron chi connectivity index (χ2n) is 5.25. The molecular weight excluding hydrogens is 285 g/mol. The normalized spacial score (nSPS) is 20.1. The van der Waals surface area contributed by atoms with E-state index in [0.29, 0.717) is 17.0 Å². The summed E-state index contributed by atoms with van der Waals surface area (Å²) >= 11 is 3.33. The first-order valence-corrected chi connectivity index (χ1v) is 6.33. The summed E-state index contributed by atoms with van der Waals surface area (Å²) < 4.78 is 19.3. The first-order chi connectivity index (χ1) is 7.88. The van der Waals surface area contributed by atoms with Crippen molar-refractivity contribution in [3.63, 3.8) is 0 Å². The molecule has 1 aliphatic heterocycles. The van der Waals surface area contributed by atoms with Gasteiger partial charge in [0.25, 0.3) is 0 Å². The van der Waals surface area contributed by atoms with E-state index in [2.05, 4.69) is 41.7 Å². The average molecular weight is 300 g/mol. The largest absolute Gasteiger partial charge is 0.475 e. The highest BCUT2D eigenvalue weighted by molar-refractivity contribution is 9.10. The van der Waals surface area contributed by atoms with Gasteiger partial charge in [-0.25, -0.2) is 9.38 Å². The first kappa shape index (κ1) is 12.6. The van der Waals surface area contributed by atoms with Gasteiger partial charge in [-0.3, -0.25) is 0 Å². The fourth-order valence-corrected chi connectivity index (χ4v) is 2.15. The maximum atomic E-state index is 13.0. The second kappa shape index (κ2) is 4.41. The quantitative estimate of drug-likeness (QED) is 0.773. The Morgan fingerprint density at radius 1 is 1.41 bits per heavy atom. The number of hydrogen-bond donors (Lipinski definition) is 0. The van der Waals surface area contributed by atoms with E-state index in [0.717, 1.165) is 5.56 Å². The van der Waals surface area contributed by atoms with Crippen LogP contribution in [0.4, 0.5) is 4.39 Å². The third-order valence-corrected chi connectivity index (χ3v) is 3.47. The van der Waals surface area contributed by atoms with Crippen LogP contribution < -0.4 is 0 Å². The van der Waals surface area contributed by atoms with Crippen LogP contribution in [0.15, 0.2) is 27.7 Å². The van der Waals surface area contributed by atoms with Gasteiger partial charge in [-0.15, -0.1) is 0 Å². The Morgan fingerprint density at radius 3 is 2.65 bits per heavy atom. The van der Waals surface area contributed by atoms with Crippen LogP contribution in [0, 0.1) is 11.2 Å². The third-order valence-electron chi connectivity index (χ3n) is 2.81. The van der Waals surface area contributed by atoms with Crippen molar-refractivity contribution >= 4 is 21.8 Å². The van der Waals surface area contributed by atoms with Gasteiger partial charge < -0.3 is 4.74 Å². The van der Waals surface area contributed by atoms with Gasteiger partial charge in [-0.1, -0.05) is 20.8 Å². The van der Waals surface area contributed by atoms with Gasteiger partial charge in [0, 0.05) is 4.47 Å². The summed E-state index contributed by atoms with van der Waals surface area (Å²) in [5, 5.41) is 0. The molecule has 0 saturated carbocycles. The number of aliphatic imine (C=N–C) groups is 1. The van der Waals surface area contributed by atoms with Crippen LogP contribution in [0.5, 0.6) is 0 Å². The van der Waals surface area contributed by atoms with Crippen molar-refractivity contribution < 1.29 is 9.13 Å². The van der Waals surface area contributed by atoms with E-state index in [4.69, 9.17) is 4.74 Å². The molecule has 0 spiro atoms. The predicted molar refractivity (Wildman–Crippen MR) is 69.8 cm³/mol. The Kier molecular flexibility index (Phi) is 3.25. The molecule has 1 atom stereocenters. The Labute approximate surface area is 109 Å². The molecule has 0 aliphatic carbocycles. The summed E-state index contributed by atoms with van der Waals surface area (Å²) in [5.41, 5.74) is 0.881. The lowest BCUT2D eigenvalue weighted by atomic mass is 9.88. The molecule has 0 saturated heterocycles. The maximum absolute atomic E-state index is 13.0. The van der Waals surface area contributed by atoms with Crippen molar-refractivity contribution in [3.05, 3.63) is 34.1 Å². The minimum atomic E-state index is -0.272. The molecular formula is C13H15BrFNO. The van der Waals surface area contributed by atoms with Crippen LogP contribution in [0.2, 0.25) is 0 Å². The molecule has 92 valence electrons. The van der Waals surface area contributed by atoms with Crippen molar-refractivity contribution in [1.82, 2.24) is 0 Å². The van der Waals surface area contributed by atoms with Crippen LogP contribution in [0.1, 0.15) is 26.3 Å². The fourth-order valence-electron chi connectivity index (χ4n) is 1.63. The zero-order valence-electron chi connectivity index (χ0n) is 10.1. The molecule has 1 aromatic rings. The van der Waals surface area contributed by atoms with Crippen molar-refractivity contribution in [2.75, 3.05) is 6.61 Å². The number of rotatable bonds is 1. The summed E-state index contributed by atoms with van der Waals surface area (Å²) in [7, 11) is 0. The monoisotopic (exact) mass is 299 g/mol. The molecule has 0 aromatic heterocycles. The van der Waals surface area contributed by atoms with Gasteiger partial charge in [0.05, 0.1) is 11.6 Å². The Hall–Kier alpha value is -0.900. The van der Waals surface area contributed by atoms with Crippen LogP contribution in [0.3, 0.4) is 0 Å². The van der Waals surface area contributed by atoms with Gasteiger partial charge >= 0.3 is 0 Å². The lowest BCUT2D eigenvalue weighted by molar-refractivity contribution is 0.236. The molecule has 0 N–H and O–H groups in total. The molecule has 1 aliphatic rings. The summed E-state index contributed by atoms with van der Waals surface area (Å²) in [6, 6.07) is 4.67. The zero-order chi connectivity index (χ0) is 12.6. The van der Waals surface area contributed by atoms with E-state index in [1.54, 1.807) is 6.07 Å². The Bertz CT molecular complexity index is 465. The minimum absolute atomic E-state index is 0.0776. The highest BCUT2D eigenvalue weighted by Gasteiger charge is 2.31. The maximum Gasteiger partial charge on any atom is 0.217 e. The molecule has 0 amide bonds. The van der Waals surface area contributed by atoms with Gasteiger partial charge in [0.1, 0.15) is 12.4 Å². The molecule has 2 rings (SSSR count). The van der Waals surface area contributed by atoms with Gasteiger partial charge in [-0.2, -0.15) is 0 Å². The number of hydrogen-bond acceptors (Lipinski definition) is 2. The molecule has 0 bridgehead atoms. The van der Waals surface area contributed by atoms with Crippen LogP contribution in [0.25, 0.3) is 0 Å². The molecule has 0 unspecified atom stereocenters. The minimum Gasteiger partial charge on any atom is -0.475 e. The smallest absolute Gasteiger partial charge is 0.217 e. The van der Waals surface area contributed by atoms with Crippen LogP contribution >= 0.6 is 15.9 Å². The van der Waals surface area contributed by atoms with Crippen LogP contribution in [-0.2, 0) is 4.74 Å². The molecule has 0 fully saturated rings. The lowest BCUT2D eigenvalue weighted by Gasteiger charge is -2.21. The third kappa shape index (κ3) is 2.68. The SMILES string of the molecule is CC(C)(C)[C@H]1COC(c2ccc(F)cc2Br)=N1. The molecule has 1 aromatic carbocycles. The topological polar surface area (TPSA) is 21.6 Å². The van der Waals surface area contributed by atoms with E-state index < -0.39 is 0 Å². The van der Waals surface area contributed by atoms with Gasteiger partial charge in [0.15, 0.2) is 0 Å². The number of halogens is 2. The summed E-state index contributed by atoms with van der Waals surface area (Å²) in [6.45, 7) is 6.98. The Balaban J connectivity index is 2.30. The summed E-state index contributed by atoms with van der Waals surface area (Å²) in [6.07, 6.45) is 0. The highest BCUT2D eigenvalue weighted by Crippen LogP contribution is 2.29. The lowest BCUT2D eigenvalue weighted by Crippen LogP contribution is -2.25. The van der Waals surface area contributed by atoms with E-state index in [9.17, 15) is 4.39 Å². The molecule has 0 radical (unpaired) electrons. The summed E-state index contributed by atoms with van der Waals surface area (Å²) in [5.74, 6) is 0.323. The molecule has 1 heterocycles. The number of benzene rings is 1. The standard InChI is InChI=1S/C13H15BrFNO/c1-13(2,3)11-7-17-12(16-11)9-5-4-8(15)6-10(9)14/h4-6,11H,7H2,1-3H3/t11-/m1/s1. The van der Waals surface area contributed by atoms with E-state index in [-0.39, 0.29) is 17.3 Å². The summed E-state index contributed by atoms with van der Waals surface area (Å²) in [4.78, 5) is 4.56. The number of ether oxygens (including phenoxy) is 1. The van der Waals surface area contributed by atoms with Crippen molar-refractivity contribution in [2.45, 2.75) is 26.8 Å². The predicted octanol–water partition coefficient (Wildman–Crippen LogP) is 3.78. The van der Waals surface area contributed by atoms with Gasteiger partial charge in [0.2, 0.25) is 5.90 Å². The fraction of sp³-hybridized carbons (Fsp3) is 0.462. The number of nitrogens with zero attached hydrogens (tertiary/aromatic N) is 1. The van der Waals surface area contributed by atoms with Crippen molar-refractivity contribution in [2.24, 2.45) is 10.4 Å². The zero-order valence-corrected chi connectivity index (χ0v) is 11.7.